The van der Waals surface area contributed by atoms with Crippen molar-refractivity contribution < 1.29 is 19.4 Å². The number of likely N-dealkylation sites (tertiary alicyclic amines) is 1. The van der Waals surface area contributed by atoms with E-state index in [1.165, 1.54) is 11.1 Å². The molecule has 0 bridgehead atoms. The van der Waals surface area contributed by atoms with E-state index in [1.807, 2.05) is 6.07 Å². The van der Waals surface area contributed by atoms with Crippen molar-refractivity contribution in [2.45, 2.75) is 70.1 Å². The van der Waals surface area contributed by atoms with Gasteiger partial charge in [0, 0.05) is 13.0 Å². The normalized spacial score (nSPS) is 20.6. The lowest BCUT2D eigenvalue weighted by Crippen LogP contribution is -2.48. The summed E-state index contributed by atoms with van der Waals surface area (Å²) < 4.78 is 5.81. The first-order chi connectivity index (χ1) is 18.4. The second kappa shape index (κ2) is 12.0. The Hall–Kier alpha value is -2.67. The summed E-state index contributed by atoms with van der Waals surface area (Å²) in [5.74, 6) is -0.0163. The number of halogens is 1. The number of carbonyl (C=O) groups excluding carboxylic acids is 2. The van der Waals surface area contributed by atoms with E-state index in [0.717, 1.165) is 50.8 Å². The Morgan fingerprint density at radius 2 is 1.95 bits per heavy atom. The maximum atomic E-state index is 13.0. The van der Waals surface area contributed by atoms with Gasteiger partial charge in [0.05, 0.1) is 17.2 Å². The number of hydrogen-bond acceptors (Lipinski definition) is 5. The number of nitrogens with zero attached hydrogens (tertiary/aromatic N) is 1. The molecule has 2 aromatic rings. The summed E-state index contributed by atoms with van der Waals surface area (Å²) >= 11 is 6.44. The van der Waals surface area contributed by atoms with Gasteiger partial charge in [-0.15, -0.1) is 0 Å². The highest BCUT2D eigenvalue weighted by atomic mass is 35.5. The van der Waals surface area contributed by atoms with E-state index in [-0.39, 0.29) is 12.5 Å². The number of rotatable bonds is 11. The van der Waals surface area contributed by atoms with Crippen molar-refractivity contribution in [3.05, 3.63) is 69.8 Å². The lowest BCUT2D eigenvalue weighted by atomic mass is 9.89. The molecule has 202 valence electrons. The summed E-state index contributed by atoms with van der Waals surface area (Å²) in [6.07, 6.45) is 9.44. The third-order valence-electron chi connectivity index (χ3n) is 7.71. The monoisotopic (exact) mass is 536 g/mol. The predicted octanol–water partition coefficient (Wildman–Crippen LogP) is 4.90. The molecule has 38 heavy (non-hydrogen) atoms. The number of benzene rings is 2. The number of Topliss-reactive ketones (excluding diaryl/α,β-unsaturated/α-hetero) is 1. The standard InChI is InChI=1S/C31H37ClN2O4/c1-20-4-7-22-8-5-21(17-24(22)16-20)6-12-28(35)31(37)33-27(19-34-14-2-3-15-34)30(36)23-9-13-29(26(32)18-23)38-25-10-11-25/h4-5,7-9,13,17-18,20,25,27,30,36H,2-3,6,10-12,14-16,19H2,1H3,(H,33,37)/t20?,27-,30-/m1/s1. The highest BCUT2D eigenvalue weighted by Gasteiger charge is 2.30. The number of allylic oxidation sites excluding steroid dienone is 1. The number of amides is 1. The van der Waals surface area contributed by atoms with Crippen LogP contribution in [-0.2, 0) is 22.4 Å². The summed E-state index contributed by atoms with van der Waals surface area (Å²) in [5.41, 5.74) is 4.16. The van der Waals surface area contributed by atoms with Gasteiger partial charge in [0.2, 0.25) is 5.78 Å². The number of hydrogen-bond donors (Lipinski definition) is 2. The Morgan fingerprint density at radius 1 is 1.16 bits per heavy atom. The molecule has 1 saturated carbocycles. The zero-order valence-electron chi connectivity index (χ0n) is 22.0. The Balaban J connectivity index is 1.22. The molecule has 2 aliphatic carbocycles. The van der Waals surface area contributed by atoms with E-state index >= 15 is 0 Å². The minimum atomic E-state index is -1.00. The van der Waals surface area contributed by atoms with E-state index < -0.39 is 23.8 Å². The van der Waals surface area contributed by atoms with Crippen LogP contribution in [0.5, 0.6) is 5.75 Å². The van der Waals surface area contributed by atoms with Crippen LogP contribution in [-0.4, -0.2) is 53.5 Å². The van der Waals surface area contributed by atoms with Crippen molar-refractivity contribution in [2.24, 2.45) is 5.92 Å². The summed E-state index contributed by atoms with van der Waals surface area (Å²) in [4.78, 5) is 28.0. The molecule has 1 saturated heterocycles. The first-order valence-corrected chi connectivity index (χ1v) is 14.2. The van der Waals surface area contributed by atoms with Gasteiger partial charge in [-0.3, -0.25) is 9.59 Å². The smallest absolute Gasteiger partial charge is 0.287 e. The number of ketones is 1. The molecule has 1 unspecified atom stereocenters. The highest BCUT2D eigenvalue weighted by Crippen LogP contribution is 2.34. The van der Waals surface area contributed by atoms with Crippen LogP contribution in [0.3, 0.4) is 0 Å². The van der Waals surface area contributed by atoms with Gasteiger partial charge < -0.3 is 20.1 Å². The van der Waals surface area contributed by atoms with E-state index in [2.05, 4.69) is 41.4 Å². The average Bonchev–Trinajstić information content (AvgIpc) is 3.58. The van der Waals surface area contributed by atoms with Gasteiger partial charge >= 0.3 is 0 Å². The number of aryl methyl sites for hydroxylation is 1. The fraction of sp³-hybridized carbons (Fsp3) is 0.484. The fourth-order valence-corrected chi connectivity index (χ4v) is 5.55. The quantitative estimate of drug-likeness (QED) is 0.399. The number of aliphatic hydroxyl groups is 1. The van der Waals surface area contributed by atoms with E-state index in [9.17, 15) is 14.7 Å². The summed E-state index contributed by atoms with van der Waals surface area (Å²) in [7, 11) is 0. The third kappa shape index (κ3) is 6.85. The molecule has 5 rings (SSSR count). The van der Waals surface area contributed by atoms with Crippen molar-refractivity contribution in [2.75, 3.05) is 19.6 Å². The molecular weight excluding hydrogens is 500 g/mol. The van der Waals surface area contributed by atoms with E-state index in [1.54, 1.807) is 18.2 Å². The lowest BCUT2D eigenvalue weighted by molar-refractivity contribution is -0.139. The number of nitrogens with one attached hydrogen (secondary N) is 1. The van der Waals surface area contributed by atoms with Gasteiger partial charge in [0.1, 0.15) is 11.9 Å². The van der Waals surface area contributed by atoms with Crippen molar-refractivity contribution >= 4 is 29.4 Å². The predicted molar refractivity (Wildman–Crippen MR) is 149 cm³/mol. The zero-order valence-corrected chi connectivity index (χ0v) is 22.8. The van der Waals surface area contributed by atoms with Crippen LogP contribution in [0, 0.1) is 5.92 Å². The van der Waals surface area contributed by atoms with Gasteiger partial charge in [-0.05, 0) is 91.9 Å². The molecular formula is C31H37ClN2O4. The Kier molecular flexibility index (Phi) is 8.51. The Morgan fingerprint density at radius 3 is 2.68 bits per heavy atom. The summed E-state index contributed by atoms with van der Waals surface area (Å²) in [6.45, 7) is 4.48. The Labute approximate surface area is 230 Å². The van der Waals surface area contributed by atoms with Crippen LogP contribution in [0.1, 0.15) is 67.4 Å². The van der Waals surface area contributed by atoms with Crippen LogP contribution in [0.25, 0.3) is 6.08 Å². The molecule has 2 aromatic carbocycles. The first kappa shape index (κ1) is 26.9. The van der Waals surface area contributed by atoms with Crippen molar-refractivity contribution in [1.82, 2.24) is 10.2 Å². The lowest BCUT2D eigenvalue weighted by Gasteiger charge is -2.28. The van der Waals surface area contributed by atoms with Crippen molar-refractivity contribution in [3.63, 3.8) is 0 Å². The highest BCUT2D eigenvalue weighted by molar-refractivity contribution is 6.36. The minimum Gasteiger partial charge on any atom is -0.489 e. The largest absolute Gasteiger partial charge is 0.489 e. The minimum absolute atomic E-state index is 0.127. The third-order valence-corrected chi connectivity index (χ3v) is 8.01. The van der Waals surface area contributed by atoms with Crippen LogP contribution >= 0.6 is 11.6 Å². The van der Waals surface area contributed by atoms with Crippen LogP contribution in [0.4, 0.5) is 0 Å². The number of aliphatic hydroxyl groups excluding tert-OH is 1. The molecule has 0 aromatic heterocycles. The fourth-order valence-electron chi connectivity index (χ4n) is 5.32. The molecule has 2 N–H and O–H groups in total. The molecule has 1 amide bonds. The molecule has 1 aliphatic heterocycles. The van der Waals surface area contributed by atoms with Crippen LogP contribution < -0.4 is 10.1 Å². The van der Waals surface area contributed by atoms with Gasteiger partial charge in [-0.2, -0.15) is 0 Å². The van der Waals surface area contributed by atoms with Gasteiger partial charge in [0.15, 0.2) is 0 Å². The second-order valence-electron chi connectivity index (χ2n) is 11.0. The number of carbonyl (C=O) groups is 2. The topological polar surface area (TPSA) is 78.9 Å². The molecule has 7 heteroatoms. The van der Waals surface area contributed by atoms with Crippen molar-refractivity contribution in [1.29, 1.82) is 0 Å². The van der Waals surface area contributed by atoms with E-state index in [0.29, 0.717) is 35.2 Å². The van der Waals surface area contributed by atoms with Gasteiger partial charge in [-0.1, -0.05) is 54.9 Å². The van der Waals surface area contributed by atoms with Gasteiger partial charge in [0.25, 0.3) is 5.91 Å². The SMILES string of the molecule is CC1C=Cc2ccc(CCC(=O)C(=O)N[C@H](CN3CCCC3)[C@H](O)c3ccc(OC4CC4)c(Cl)c3)cc2C1. The maximum Gasteiger partial charge on any atom is 0.287 e. The molecule has 3 aliphatic rings. The number of ether oxygens (including phenoxy) is 1. The molecule has 0 spiro atoms. The molecule has 3 atom stereocenters. The Bertz CT molecular complexity index is 1200. The maximum absolute atomic E-state index is 13.0. The summed E-state index contributed by atoms with van der Waals surface area (Å²) in [5, 5.41) is 14.5. The van der Waals surface area contributed by atoms with Crippen molar-refractivity contribution in [3.8, 4) is 5.75 Å². The molecule has 1 heterocycles. The van der Waals surface area contributed by atoms with E-state index in [4.69, 9.17) is 16.3 Å². The first-order valence-electron chi connectivity index (χ1n) is 13.9. The second-order valence-corrected chi connectivity index (χ2v) is 11.4. The molecule has 6 nitrogen and oxygen atoms in total. The molecule has 2 fully saturated rings. The summed E-state index contributed by atoms with van der Waals surface area (Å²) in [6, 6.07) is 10.9. The van der Waals surface area contributed by atoms with Gasteiger partial charge in [-0.25, -0.2) is 0 Å². The molecule has 0 radical (unpaired) electrons. The number of fused-ring (bicyclic) bond motifs is 1. The zero-order chi connectivity index (χ0) is 26.6. The van der Waals surface area contributed by atoms with Crippen LogP contribution in [0.2, 0.25) is 5.02 Å². The average molecular weight is 537 g/mol. The van der Waals surface area contributed by atoms with Crippen LogP contribution in [0.15, 0.2) is 42.5 Å².